The highest BCUT2D eigenvalue weighted by Gasteiger charge is 2.33. The molecule has 0 radical (unpaired) electrons. The van der Waals surface area contributed by atoms with Crippen molar-refractivity contribution < 1.29 is 9.90 Å². The molecule has 1 amide bonds. The van der Waals surface area contributed by atoms with Crippen LogP contribution in [0.2, 0.25) is 0 Å². The second-order valence-electron chi connectivity index (χ2n) is 5.65. The van der Waals surface area contributed by atoms with Crippen molar-refractivity contribution in [3.63, 3.8) is 0 Å². The summed E-state index contributed by atoms with van der Waals surface area (Å²) in [5.74, 6) is -0.0267. The topological polar surface area (TPSA) is 53.4 Å². The predicted octanol–water partition coefficient (Wildman–Crippen LogP) is 2.65. The molecule has 22 heavy (non-hydrogen) atoms. The van der Waals surface area contributed by atoms with Crippen LogP contribution in [0.25, 0.3) is 11.3 Å². The van der Waals surface area contributed by atoms with Gasteiger partial charge >= 0.3 is 0 Å². The molecule has 0 spiro atoms. The van der Waals surface area contributed by atoms with E-state index < -0.39 is 0 Å². The van der Waals surface area contributed by atoms with Crippen molar-refractivity contribution >= 4 is 5.91 Å². The molecule has 3 rings (SSSR count). The lowest BCUT2D eigenvalue weighted by Gasteiger charge is -2.22. The molecule has 1 saturated carbocycles. The molecule has 0 atom stereocenters. The molecular weight excluding hydrogens is 276 g/mol. The van der Waals surface area contributed by atoms with E-state index >= 15 is 0 Å². The average molecular weight is 296 g/mol. The maximum atomic E-state index is 12.7. The van der Waals surface area contributed by atoms with E-state index in [2.05, 4.69) is 4.98 Å². The van der Waals surface area contributed by atoms with Crippen LogP contribution in [0.4, 0.5) is 0 Å². The first kappa shape index (κ1) is 14.7. The fraction of sp³-hybridized carbons (Fsp3) is 0.333. The van der Waals surface area contributed by atoms with E-state index in [1.807, 2.05) is 49.4 Å². The lowest BCUT2D eigenvalue weighted by atomic mass is 10.1. The van der Waals surface area contributed by atoms with Crippen LogP contribution in [0.15, 0.2) is 42.5 Å². The number of aliphatic hydroxyl groups is 1. The summed E-state index contributed by atoms with van der Waals surface area (Å²) in [6, 6.07) is 13.9. The Kier molecular flexibility index (Phi) is 4.20. The van der Waals surface area contributed by atoms with Crippen molar-refractivity contribution in [2.24, 2.45) is 0 Å². The first-order valence-corrected chi connectivity index (χ1v) is 7.65. The van der Waals surface area contributed by atoms with Gasteiger partial charge in [0, 0.05) is 18.2 Å². The van der Waals surface area contributed by atoms with Gasteiger partial charge in [0.05, 0.1) is 23.6 Å². The molecule has 1 aromatic carbocycles. The SMILES string of the molecule is Cc1nc(-c2ccccc2)ccc1C(=O)N(CCO)C1CC1. The number of carbonyl (C=O) groups is 1. The Hall–Kier alpha value is -2.20. The zero-order chi connectivity index (χ0) is 15.5. The summed E-state index contributed by atoms with van der Waals surface area (Å²) in [6.07, 6.45) is 2.06. The Morgan fingerprint density at radius 1 is 1.23 bits per heavy atom. The van der Waals surface area contributed by atoms with Crippen molar-refractivity contribution in [3.8, 4) is 11.3 Å². The first-order valence-electron chi connectivity index (χ1n) is 7.65. The fourth-order valence-corrected chi connectivity index (χ4v) is 2.66. The maximum Gasteiger partial charge on any atom is 0.256 e. The van der Waals surface area contributed by atoms with Crippen molar-refractivity contribution in [1.82, 2.24) is 9.88 Å². The summed E-state index contributed by atoms with van der Waals surface area (Å²) >= 11 is 0. The van der Waals surface area contributed by atoms with Gasteiger partial charge in [0.25, 0.3) is 5.91 Å². The second-order valence-corrected chi connectivity index (χ2v) is 5.65. The Bertz CT molecular complexity index is 666. The first-order chi connectivity index (χ1) is 10.7. The predicted molar refractivity (Wildman–Crippen MR) is 85.6 cm³/mol. The largest absolute Gasteiger partial charge is 0.395 e. The monoisotopic (exact) mass is 296 g/mol. The van der Waals surface area contributed by atoms with Gasteiger partial charge in [0.15, 0.2) is 0 Å². The Morgan fingerprint density at radius 3 is 2.55 bits per heavy atom. The van der Waals surface area contributed by atoms with Gasteiger partial charge in [0.1, 0.15) is 0 Å². The number of hydrogen-bond donors (Lipinski definition) is 1. The molecule has 0 saturated heterocycles. The third-order valence-electron chi connectivity index (χ3n) is 3.98. The molecule has 1 aliphatic carbocycles. The minimum absolute atomic E-state index is 0.00316. The van der Waals surface area contributed by atoms with Crippen LogP contribution in [0, 0.1) is 6.92 Å². The third-order valence-corrected chi connectivity index (χ3v) is 3.98. The van der Waals surface area contributed by atoms with Gasteiger partial charge in [-0.1, -0.05) is 30.3 Å². The van der Waals surface area contributed by atoms with Crippen LogP contribution in [0.5, 0.6) is 0 Å². The molecule has 0 unspecified atom stereocenters. The third kappa shape index (κ3) is 3.02. The quantitative estimate of drug-likeness (QED) is 0.923. The number of carbonyl (C=O) groups excluding carboxylic acids is 1. The van der Waals surface area contributed by atoms with E-state index in [-0.39, 0.29) is 18.6 Å². The highest BCUT2D eigenvalue weighted by Crippen LogP contribution is 2.29. The van der Waals surface area contributed by atoms with Gasteiger partial charge < -0.3 is 10.0 Å². The van der Waals surface area contributed by atoms with Crippen molar-refractivity contribution in [2.45, 2.75) is 25.8 Å². The summed E-state index contributed by atoms with van der Waals surface area (Å²) in [5, 5.41) is 9.16. The van der Waals surface area contributed by atoms with E-state index in [0.717, 1.165) is 29.8 Å². The molecule has 1 N–H and O–H groups in total. The van der Waals surface area contributed by atoms with Crippen LogP contribution >= 0.6 is 0 Å². The van der Waals surface area contributed by atoms with Crippen molar-refractivity contribution in [2.75, 3.05) is 13.2 Å². The molecule has 0 bridgehead atoms. The van der Waals surface area contributed by atoms with E-state index in [0.29, 0.717) is 12.1 Å². The standard InChI is InChI=1S/C18H20N2O2/c1-13-16(18(22)20(11-12-21)15-7-8-15)9-10-17(19-13)14-5-3-2-4-6-14/h2-6,9-10,15,21H,7-8,11-12H2,1H3. The van der Waals surface area contributed by atoms with Crippen LogP contribution < -0.4 is 0 Å². The summed E-state index contributed by atoms with van der Waals surface area (Å²) in [7, 11) is 0. The number of amides is 1. The summed E-state index contributed by atoms with van der Waals surface area (Å²) < 4.78 is 0. The number of aromatic nitrogens is 1. The fourth-order valence-electron chi connectivity index (χ4n) is 2.66. The Balaban J connectivity index is 1.87. The number of benzene rings is 1. The number of pyridine rings is 1. The number of rotatable bonds is 5. The highest BCUT2D eigenvalue weighted by molar-refractivity contribution is 5.96. The number of aliphatic hydroxyl groups excluding tert-OH is 1. The van der Waals surface area contributed by atoms with Gasteiger partial charge in [-0.05, 0) is 31.9 Å². The van der Waals surface area contributed by atoms with Crippen LogP contribution in [-0.4, -0.2) is 40.1 Å². The van der Waals surface area contributed by atoms with Gasteiger partial charge in [-0.25, -0.2) is 0 Å². The molecule has 1 aromatic heterocycles. The zero-order valence-corrected chi connectivity index (χ0v) is 12.7. The van der Waals surface area contributed by atoms with Gasteiger partial charge in [0.2, 0.25) is 0 Å². The number of nitrogens with zero attached hydrogens (tertiary/aromatic N) is 2. The van der Waals surface area contributed by atoms with Crippen LogP contribution in [0.1, 0.15) is 28.9 Å². The van der Waals surface area contributed by atoms with E-state index in [4.69, 9.17) is 5.11 Å². The van der Waals surface area contributed by atoms with E-state index in [1.165, 1.54) is 0 Å². The van der Waals surface area contributed by atoms with Gasteiger partial charge in [-0.3, -0.25) is 9.78 Å². The smallest absolute Gasteiger partial charge is 0.256 e. The molecule has 1 heterocycles. The number of aryl methyl sites for hydroxylation is 1. The van der Waals surface area contributed by atoms with Gasteiger partial charge in [-0.15, -0.1) is 0 Å². The Morgan fingerprint density at radius 2 is 1.95 bits per heavy atom. The van der Waals surface area contributed by atoms with E-state index in [1.54, 1.807) is 4.90 Å². The van der Waals surface area contributed by atoms with Crippen molar-refractivity contribution in [3.05, 3.63) is 53.7 Å². The van der Waals surface area contributed by atoms with Gasteiger partial charge in [-0.2, -0.15) is 0 Å². The average Bonchev–Trinajstić information content (AvgIpc) is 3.37. The molecule has 0 aliphatic heterocycles. The molecule has 1 fully saturated rings. The minimum Gasteiger partial charge on any atom is -0.395 e. The van der Waals surface area contributed by atoms with E-state index in [9.17, 15) is 4.79 Å². The second kappa shape index (κ2) is 6.28. The molecule has 114 valence electrons. The molecule has 1 aliphatic rings. The van der Waals surface area contributed by atoms with Crippen LogP contribution in [-0.2, 0) is 0 Å². The Labute approximate surface area is 130 Å². The highest BCUT2D eigenvalue weighted by atomic mass is 16.3. The van der Waals surface area contributed by atoms with Crippen LogP contribution in [0.3, 0.4) is 0 Å². The number of hydrogen-bond acceptors (Lipinski definition) is 3. The lowest BCUT2D eigenvalue weighted by Crippen LogP contribution is -2.36. The normalized spacial score (nSPS) is 13.9. The lowest BCUT2D eigenvalue weighted by molar-refractivity contribution is 0.0706. The molecule has 4 nitrogen and oxygen atoms in total. The molecule has 2 aromatic rings. The summed E-state index contributed by atoms with van der Waals surface area (Å²) in [5.41, 5.74) is 3.27. The summed E-state index contributed by atoms with van der Waals surface area (Å²) in [4.78, 5) is 19.0. The summed E-state index contributed by atoms with van der Waals surface area (Å²) in [6.45, 7) is 2.25. The molecule has 4 heteroatoms. The van der Waals surface area contributed by atoms with Crippen molar-refractivity contribution in [1.29, 1.82) is 0 Å². The molecular formula is C18H20N2O2. The maximum absolute atomic E-state index is 12.7. The zero-order valence-electron chi connectivity index (χ0n) is 12.7. The minimum atomic E-state index is -0.0267.